The molecule has 8 nitrogen and oxygen atoms in total. The normalized spacial score (nSPS) is 12.7. The van der Waals surface area contributed by atoms with E-state index in [-0.39, 0.29) is 44.4 Å². The van der Waals surface area contributed by atoms with Gasteiger partial charge in [0.15, 0.2) is 5.78 Å². The first-order valence-corrected chi connectivity index (χ1v) is 39.1. The van der Waals surface area contributed by atoms with Gasteiger partial charge in [0.1, 0.15) is 5.78 Å². The quantitative estimate of drug-likeness (QED) is 0.0457. The number of nitrogens with two attached hydrogens (primary N) is 1. The van der Waals surface area contributed by atoms with Crippen LogP contribution in [-0.4, -0.2) is 51.4 Å². The third-order valence-electron chi connectivity index (χ3n) is 19.2. The molecule has 0 aliphatic heterocycles. The SMILES string of the molecule is CCCCCCCCCCCCCCCCCC(=O)C(CCCN)[C@](C(=O)O)(C(=O)CCCCCCCCCCCCCCCCC)N(C(=O)CCCCCCCCCCCCCCCCC)C(=O)CCCCCCCCCCCCCCCCC. The molecular formula is C78H150N2O6. The number of rotatable bonds is 72. The van der Waals surface area contributed by atoms with E-state index in [4.69, 9.17) is 5.73 Å². The van der Waals surface area contributed by atoms with Gasteiger partial charge in [-0.3, -0.25) is 24.1 Å². The predicted molar refractivity (Wildman–Crippen MR) is 372 cm³/mol. The summed E-state index contributed by atoms with van der Waals surface area (Å²) in [6.07, 6.45) is 71.2. The van der Waals surface area contributed by atoms with Crippen LogP contribution < -0.4 is 5.73 Å². The van der Waals surface area contributed by atoms with Crippen molar-refractivity contribution in [2.75, 3.05) is 6.54 Å². The van der Waals surface area contributed by atoms with Gasteiger partial charge in [0.2, 0.25) is 17.4 Å². The van der Waals surface area contributed by atoms with Gasteiger partial charge in [-0.25, -0.2) is 4.79 Å². The lowest BCUT2D eigenvalue weighted by atomic mass is 9.71. The molecular weight excluding hydrogens is 1060 g/mol. The number of hydrogen-bond acceptors (Lipinski definition) is 6. The van der Waals surface area contributed by atoms with Crippen molar-refractivity contribution < 1.29 is 29.1 Å². The summed E-state index contributed by atoms with van der Waals surface area (Å²) in [5, 5.41) is 11.8. The highest BCUT2D eigenvalue weighted by Crippen LogP contribution is 2.37. The molecule has 0 saturated heterocycles. The van der Waals surface area contributed by atoms with Gasteiger partial charge in [-0.15, -0.1) is 0 Å². The van der Waals surface area contributed by atoms with E-state index in [1.807, 2.05) is 0 Å². The molecule has 0 spiro atoms. The van der Waals surface area contributed by atoms with E-state index in [1.54, 1.807) is 0 Å². The number of nitrogens with zero attached hydrogens (tertiary/aromatic N) is 1. The molecule has 0 rings (SSSR count). The Hall–Kier alpha value is -2.09. The lowest BCUT2D eigenvalue weighted by Crippen LogP contribution is -2.69. The van der Waals surface area contributed by atoms with Crippen molar-refractivity contribution in [3.8, 4) is 0 Å². The first-order valence-electron chi connectivity index (χ1n) is 39.1. The average molecular weight is 1210 g/mol. The minimum absolute atomic E-state index is 0.0129. The van der Waals surface area contributed by atoms with Crippen LogP contribution in [0.3, 0.4) is 0 Å². The van der Waals surface area contributed by atoms with Crippen molar-refractivity contribution in [2.24, 2.45) is 11.7 Å². The van der Waals surface area contributed by atoms with Gasteiger partial charge in [-0.05, 0) is 45.1 Å². The summed E-state index contributed by atoms with van der Waals surface area (Å²) < 4.78 is 0. The topological polar surface area (TPSA) is 135 Å². The summed E-state index contributed by atoms with van der Waals surface area (Å²) in [5.74, 6) is -5.03. The maximum Gasteiger partial charge on any atom is 0.338 e. The van der Waals surface area contributed by atoms with Crippen LogP contribution in [0.25, 0.3) is 0 Å². The van der Waals surface area contributed by atoms with Crippen LogP contribution in [0.15, 0.2) is 0 Å². The lowest BCUT2D eigenvalue weighted by molar-refractivity contribution is -0.177. The zero-order valence-corrected chi connectivity index (χ0v) is 58.5. The van der Waals surface area contributed by atoms with E-state index in [1.165, 1.54) is 263 Å². The molecule has 8 heteroatoms. The molecule has 0 radical (unpaired) electrons. The van der Waals surface area contributed by atoms with Crippen molar-refractivity contribution in [1.29, 1.82) is 0 Å². The fraction of sp³-hybridized carbons (Fsp3) is 0.936. The number of carboxylic acid groups (broad SMARTS) is 1. The maximum absolute atomic E-state index is 15.3. The third kappa shape index (κ3) is 47.8. The maximum atomic E-state index is 15.3. The van der Waals surface area contributed by atoms with Crippen LogP contribution in [0.1, 0.15) is 451 Å². The standard InChI is InChI=1S/C78H150N2O6/c1-5-9-13-17-21-25-29-33-37-41-45-49-53-57-61-67-73(81)72(66-65-71-79)78(77(85)86,74(82)68-62-58-54-50-46-42-38-34-30-26-22-18-14-10-6-2)80(75(83)69-63-59-55-51-47-43-39-35-31-27-23-19-15-11-7-3)76(84)70-64-60-56-52-48-44-40-36-32-28-24-20-16-12-8-4/h72H,5-71,79H2,1-4H3,(H,85,86)/t72?,78-/m1/s1. The summed E-state index contributed by atoms with van der Waals surface area (Å²) in [7, 11) is 0. The second-order valence-electron chi connectivity index (χ2n) is 27.4. The van der Waals surface area contributed by atoms with Crippen LogP contribution in [0.5, 0.6) is 0 Å². The Kier molecular flexibility index (Phi) is 64.2. The molecule has 2 atom stereocenters. The Bertz CT molecular complexity index is 1450. The minimum Gasteiger partial charge on any atom is -0.479 e. The van der Waals surface area contributed by atoms with Gasteiger partial charge >= 0.3 is 5.97 Å². The number of unbranched alkanes of at least 4 members (excludes halogenated alkanes) is 56. The Labute approximate surface area is 536 Å². The molecule has 0 bridgehead atoms. The molecule has 1 unspecified atom stereocenters. The third-order valence-corrected chi connectivity index (χ3v) is 19.2. The van der Waals surface area contributed by atoms with Gasteiger partial charge in [-0.1, -0.05) is 387 Å². The van der Waals surface area contributed by atoms with Crippen LogP contribution in [0, 0.1) is 5.92 Å². The Balaban J connectivity index is 6.23. The fourth-order valence-electron chi connectivity index (χ4n) is 13.5. The molecule has 0 aromatic carbocycles. The number of imide groups is 1. The van der Waals surface area contributed by atoms with Crippen molar-refractivity contribution in [3.63, 3.8) is 0 Å². The molecule has 0 aromatic rings. The first-order chi connectivity index (χ1) is 42.2. The van der Waals surface area contributed by atoms with Gasteiger partial charge < -0.3 is 10.8 Å². The molecule has 3 N–H and O–H groups in total. The van der Waals surface area contributed by atoms with E-state index < -0.39 is 35.0 Å². The fourth-order valence-corrected chi connectivity index (χ4v) is 13.5. The van der Waals surface area contributed by atoms with Crippen molar-refractivity contribution in [1.82, 2.24) is 4.90 Å². The molecule has 508 valence electrons. The number of carbonyl (C=O) groups is 5. The van der Waals surface area contributed by atoms with Gasteiger partial charge in [0.05, 0.1) is 5.92 Å². The number of aliphatic carboxylic acids is 1. The van der Waals surface area contributed by atoms with Crippen LogP contribution in [-0.2, 0) is 24.0 Å². The van der Waals surface area contributed by atoms with E-state index in [0.717, 1.165) is 101 Å². The highest BCUT2D eigenvalue weighted by atomic mass is 16.4. The molecule has 0 fully saturated rings. The zero-order chi connectivity index (χ0) is 62.9. The molecule has 86 heavy (non-hydrogen) atoms. The molecule has 0 aromatic heterocycles. The Morgan fingerprint density at radius 2 is 0.488 bits per heavy atom. The second-order valence-corrected chi connectivity index (χ2v) is 27.4. The number of hydrogen-bond donors (Lipinski definition) is 2. The summed E-state index contributed by atoms with van der Waals surface area (Å²) in [4.78, 5) is 75.6. The van der Waals surface area contributed by atoms with Crippen molar-refractivity contribution in [3.05, 3.63) is 0 Å². The minimum atomic E-state index is -2.59. The summed E-state index contributed by atoms with van der Waals surface area (Å²) in [6, 6.07) is 0. The van der Waals surface area contributed by atoms with Crippen molar-refractivity contribution in [2.45, 2.75) is 457 Å². The van der Waals surface area contributed by atoms with Crippen molar-refractivity contribution >= 4 is 29.4 Å². The zero-order valence-electron chi connectivity index (χ0n) is 58.5. The van der Waals surface area contributed by atoms with Gasteiger partial charge in [0.25, 0.3) is 0 Å². The molecule has 0 aliphatic carbocycles. The smallest absolute Gasteiger partial charge is 0.338 e. The number of Topliss-reactive ketones (excluding diaryl/α,β-unsaturated/α-hetero) is 2. The summed E-state index contributed by atoms with van der Waals surface area (Å²) >= 11 is 0. The average Bonchev–Trinajstić information content (AvgIpc) is 0.847. The Morgan fingerprint density at radius 3 is 0.698 bits per heavy atom. The molecule has 0 heterocycles. The van der Waals surface area contributed by atoms with Gasteiger partial charge in [0, 0.05) is 25.7 Å². The summed E-state index contributed by atoms with van der Waals surface area (Å²) in [6.45, 7) is 9.28. The van der Waals surface area contributed by atoms with Gasteiger partial charge in [-0.2, -0.15) is 0 Å². The largest absolute Gasteiger partial charge is 0.479 e. The number of ketones is 2. The highest BCUT2D eigenvalue weighted by Gasteiger charge is 2.61. The number of carbonyl (C=O) groups excluding carboxylic acids is 4. The van der Waals surface area contributed by atoms with Crippen LogP contribution in [0.4, 0.5) is 0 Å². The molecule has 0 saturated carbocycles. The van der Waals surface area contributed by atoms with Crippen LogP contribution >= 0.6 is 0 Å². The summed E-state index contributed by atoms with van der Waals surface area (Å²) in [5.41, 5.74) is 3.57. The molecule has 2 amide bonds. The van der Waals surface area contributed by atoms with Crippen LogP contribution in [0.2, 0.25) is 0 Å². The van der Waals surface area contributed by atoms with E-state index in [9.17, 15) is 14.7 Å². The molecule has 0 aliphatic rings. The number of carboxylic acids is 1. The highest BCUT2D eigenvalue weighted by molar-refractivity contribution is 6.18. The van der Waals surface area contributed by atoms with E-state index >= 15 is 14.4 Å². The lowest BCUT2D eigenvalue weighted by Gasteiger charge is -2.43. The second kappa shape index (κ2) is 65.8. The predicted octanol–water partition coefficient (Wildman–Crippen LogP) is 24.7. The Morgan fingerprint density at radius 1 is 0.291 bits per heavy atom. The van der Waals surface area contributed by atoms with E-state index in [2.05, 4.69) is 27.7 Å². The number of amides is 2. The monoisotopic (exact) mass is 1210 g/mol. The van der Waals surface area contributed by atoms with E-state index in [0.29, 0.717) is 32.1 Å². The first kappa shape index (κ1) is 83.9.